The number of H-pyrrole nitrogens is 1. The van der Waals surface area contributed by atoms with Crippen LogP contribution in [0.3, 0.4) is 0 Å². The van der Waals surface area contributed by atoms with Crippen molar-refractivity contribution in [1.29, 1.82) is 0 Å². The highest BCUT2D eigenvalue weighted by Gasteiger charge is 2.41. The van der Waals surface area contributed by atoms with Crippen molar-refractivity contribution in [2.24, 2.45) is 0 Å². The number of rotatable bonds is 2. The van der Waals surface area contributed by atoms with Crippen LogP contribution in [0.1, 0.15) is 38.2 Å². The molecule has 24 heavy (non-hydrogen) atoms. The van der Waals surface area contributed by atoms with Gasteiger partial charge >= 0.3 is 0 Å². The molecule has 0 saturated carbocycles. The predicted octanol–water partition coefficient (Wildman–Crippen LogP) is 4.97. The molecular formula is C19H21NO2S2. The van der Waals surface area contributed by atoms with Crippen LogP contribution in [0.5, 0.6) is 0 Å². The van der Waals surface area contributed by atoms with E-state index in [4.69, 9.17) is 0 Å². The Morgan fingerprint density at radius 3 is 2.79 bits per heavy atom. The second-order valence-electron chi connectivity index (χ2n) is 7.25. The van der Waals surface area contributed by atoms with Crippen LogP contribution in [0.4, 0.5) is 0 Å². The van der Waals surface area contributed by atoms with Gasteiger partial charge in [-0.3, -0.25) is 0 Å². The molecule has 0 amide bonds. The minimum Gasteiger partial charge on any atom is -0.361 e. The molecule has 1 saturated heterocycles. The fourth-order valence-corrected chi connectivity index (χ4v) is 6.06. The number of thiophene rings is 1. The number of aromatic nitrogens is 1. The van der Waals surface area contributed by atoms with E-state index in [0.29, 0.717) is 12.8 Å². The average Bonchev–Trinajstić information content (AvgIpc) is 3.18. The van der Waals surface area contributed by atoms with Crippen LogP contribution < -0.4 is 0 Å². The Kier molecular flexibility index (Phi) is 3.62. The standard InChI is InChI=1S/C19H21NO2S2/c1-19(2)11-14(7-9-24(19,21)22)16-12-20-17-6-5-13(10-15(16)17)18-4-3-8-23-18/h3-6,8,10,12,14,20H,7,9,11H2,1-2H3. The van der Waals surface area contributed by atoms with E-state index in [2.05, 4.69) is 46.9 Å². The van der Waals surface area contributed by atoms with Gasteiger partial charge in [0, 0.05) is 22.0 Å². The van der Waals surface area contributed by atoms with Gasteiger partial charge in [-0.15, -0.1) is 11.3 Å². The Morgan fingerprint density at radius 2 is 2.08 bits per heavy atom. The Labute approximate surface area is 146 Å². The summed E-state index contributed by atoms with van der Waals surface area (Å²) in [7, 11) is -2.99. The summed E-state index contributed by atoms with van der Waals surface area (Å²) in [6, 6.07) is 10.7. The maximum Gasteiger partial charge on any atom is 0.155 e. The van der Waals surface area contributed by atoms with Crippen LogP contribution in [0, 0.1) is 0 Å². The van der Waals surface area contributed by atoms with Gasteiger partial charge in [-0.05, 0) is 67.3 Å². The first-order valence-electron chi connectivity index (χ1n) is 8.25. The number of nitrogens with one attached hydrogen (secondary N) is 1. The number of fused-ring (bicyclic) bond motifs is 1. The first kappa shape index (κ1) is 15.9. The van der Waals surface area contributed by atoms with Crippen LogP contribution in [0.25, 0.3) is 21.3 Å². The summed E-state index contributed by atoms with van der Waals surface area (Å²) in [5, 5.41) is 3.31. The van der Waals surface area contributed by atoms with E-state index < -0.39 is 14.6 Å². The predicted molar refractivity (Wildman–Crippen MR) is 101 cm³/mol. The molecule has 2 aromatic heterocycles. The summed E-state index contributed by atoms with van der Waals surface area (Å²) in [5.74, 6) is 0.568. The van der Waals surface area contributed by atoms with E-state index >= 15 is 0 Å². The highest BCUT2D eigenvalue weighted by molar-refractivity contribution is 7.92. The van der Waals surface area contributed by atoms with Gasteiger partial charge in [-0.2, -0.15) is 0 Å². The molecule has 0 bridgehead atoms. The molecule has 126 valence electrons. The molecule has 0 spiro atoms. The van der Waals surface area contributed by atoms with Crippen LogP contribution in [-0.2, 0) is 9.84 Å². The Morgan fingerprint density at radius 1 is 1.25 bits per heavy atom. The largest absolute Gasteiger partial charge is 0.361 e. The van der Waals surface area contributed by atoms with Crippen molar-refractivity contribution in [2.75, 3.05) is 5.75 Å². The van der Waals surface area contributed by atoms with Gasteiger partial charge in [0.1, 0.15) is 0 Å². The summed E-state index contributed by atoms with van der Waals surface area (Å²) in [6.45, 7) is 3.72. The zero-order valence-electron chi connectivity index (χ0n) is 13.9. The molecular weight excluding hydrogens is 338 g/mol. The average molecular weight is 360 g/mol. The first-order chi connectivity index (χ1) is 11.4. The zero-order chi connectivity index (χ0) is 16.9. The number of sulfone groups is 1. The fourth-order valence-electron chi connectivity index (χ4n) is 3.74. The molecule has 3 aromatic rings. The lowest BCUT2D eigenvalue weighted by Crippen LogP contribution is -2.40. The van der Waals surface area contributed by atoms with Crippen molar-refractivity contribution in [3.05, 3.63) is 47.5 Å². The number of benzene rings is 1. The molecule has 4 rings (SSSR count). The van der Waals surface area contributed by atoms with E-state index in [9.17, 15) is 8.42 Å². The van der Waals surface area contributed by atoms with E-state index in [1.54, 1.807) is 11.3 Å². The molecule has 0 radical (unpaired) electrons. The van der Waals surface area contributed by atoms with E-state index in [0.717, 1.165) is 5.52 Å². The quantitative estimate of drug-likeness (QED) is 0.702. The van der Waals surface area contributed by atoms with Crippen molar-refractivity contribution in [1.82, 2.24) is 4.98 Å². The van der Waals surface area contributed by atoms with Crippen molar-refractivity contribution in [2.45, 2.75) is 37.4 Å². The van der Waals surface area contributed by atoms with Gasteiger partial charge in [0.25, 0.3) is 0 Å². The molecule has 0 aliphatic carbocycles. The second kappa shape index (κ2) is 5.46. The zero-order valence-corrected chi connectivity index (χ0v) is 15.5. The summed E-state index contributed by atoms with van der Waals surface area (Å²) in [6.07, 6.45) is 3.47. The summed E-state index contributed by atoms with van der Waals surface area (Å²) in [5.41, 5.74) is 3.60. The maximum atomic E-state index is 12.3. The van der Waals surface area contributed by atoms with Crippen LogP contribution in [0.2, 0.25) is 0 Å². The fraction of sp³-hybridized carbons (Fsp3) is 0.368. The Balaban J connectivity index is 1.76. The van der Waals surface area contributed by atoms with Crippen molar-refractivity contribution < 1.29 is 8.42 Å². The van der Waals surface area contributed by atoms with Crippen LogP contribution in [-0.4, -0.2) is 23.9 Å². The smallest absolute Gasteiger partial charge is 0.155 e. The van der Waals surface area contributed by atoms with Gasteiger partial charge in [0.15, 0.2) is 9.84 Å². The lowest BCUT2D eigenvalue weighted by Gasteiger charge is -2.34. The summed E-state index contributed by atoms with van der Waals surface area (Å²) in [4.78, 5) is 4.62. The summed E-state index contributed by atoms with van der Waals surface area (Å²) < 4.78 is 23.9. The van der Waals surface area contributed by atoms with E-state index in [-0.39, 0.29) is 11.7 Å². The van der Waals surface area contributed by atoms with Gasteiger partial charge in [-0.25, -0.2) is 8.42 Å². The molecule has 3 nitrogen and oxygen atoms in total. The highest BCUT2D eigenvalue weighted by Crippen LogP contribution is 2.42. The number of hydrogen-bond donors (Lipinski definition) is 1. The molecule has 1 fully saturated rings. The normalized spacial score (nSPS) is 22.7. The third-order valence-corrected chi connectivity index (χ3v) is 8.82. The first-order valence-corrected chi connectivity index (χ1v) is 10.8. The lowest BCUT2D eigenvalue weighted by atomic mass is 9.87. The molecule has 5 heteroatoms. The lowest BCUT2D eigenvalue weighted by molar-refractivity contribution is 0.451. The van der Waals surface area contributed by atoms with Gasteiger partial charge in [-0.1, -0.05) is 12.1 Å². The molecule has 1 aliphatic heterocycles. The van der Waals surface area contributed by atoms with Crippen molar-refractivity contribution >= 4 is 32.1 Å². The third kappa shape index (κ3) is 2.50. The molecule has 1 aromatic carbocycles. The Bertz CT molecular complexity index is 982. The van der Waals surface area contributed by atoms with Crippen molar-refractivity contribution in [3.63, 3.8) is 0 Å². The van der Waals surface area contributed by atoms with E-state index in [1.807, 2.05) is 13.8 Å². The second-order valence-corrected chi connectivity index (χ2v) is 10.9. The Hall–Kier alpha value is -1.59. The van der Waals surface area contributed by atoms with Gasteiger partial charge in [0.05, 0.1) is 10.5 Å². The molecule has 1 aliphatic rings. The third-order valence-electron chi connectivity index (χ3n) is 5.27. The highest BCUT2D eigenvalue weighted by atomic mass is 32.2. The number of hydrogen-bond acceptors (Lipinski definition) is 3. The van der Waals surface area contributed by atoms with Crippen LogP contribution in [0.15, 0.2) is 41.9 Å². The van der Waals surface area contributed by atoms with Crippen molar-refractivity contribution in [3.8, 4) is 10.4 Å². The maximum absolute atomic E-state index is 12.3. The minimum absolute atomic E-state index is 0.280. The molecule has 1 atom stereocenters. The minimum atomic E-state index is -2.99. The SMILES string of the molecule is CC1(C)CC(c2c[nH]c3ccc(-c4cccs4)cc23)CCS1(=O)=O. The van der Waals surface area contributed by atoms with Crippen LogP contribution >= 0.6 is 11.3 Å². The van der Waals surface area contributed by atoms with E-state index in [1.165, 1.54) is 21.4 Å². The number of aromatic amines is 1. The topological polar surface area (TPSA) is 49.9 Å². The molecule has 1 unspecified atom stereocenters. The summed E-state index contributed by atoms with van der Waals surface area (Å²) >= 11 is 1.74. The van der Waals surface area contributed by atoms with Gasteiger partial charge < -0.3 is 4.98 Å². The van der Waals surface area contributed by atoms with Gasteiger partial charge in [0.2, 0.25) is 0 Å². The monoisotopic (exact) mass is 359 g/mol. The molecule has 1 N–H and O–H groups in total. The molecule has 3 heterocycles.